The molecule has 0 atom stereocenters. The Morgan fingerprint density at radius 2 is 1.70 bits per heavy atom. The molecule has 2 N–H and O–H groups in total. The van der Waals surface area contributed by atoms with Gasteiger partial charge >= 0.3 is 0 Å². The van der Waals surface area contributed by atoms with Crippen LogP contribution < -0.4 is 15.4 Å². The van der Waals surface area contributed by atoms with Crippen molar-refractivity contribution in [2.45, 2.75) is 0 Å². The molecule has 20 heavy (non-hydrogen) atoms. The van der Waals surface area contributed by atoms with Crippen LogP contribution in [-0.4, -0.2) is 26.1 Å². The molecule has 0 radical (unpaired) electrons. The van der Waals surface area contributed by atoms with Crippen LogP contribution in [0.1, 0.15) is 10.4 Å². The molecule has 0 bridgehead atoms. The van der Waals surface area contributed by atoms with Gasteiger partial charge in [0.2, 0.25) is 0 Å². The van der Waals surface area contributed by atoms with E-state index in [1.807, 2.05) is 42.5 Å². The molecule has 4 heteroatoms. The van der Waals surface area contributed by atoms with Gasteiger partial charge in [-0.15, -0.1) is 0 Å². The van der Waals surface area contributed by atoms with Gasteiger partial charge in [0, 0.05) is 24.3 Å². The summed E-state index contributed by atoms with van der Waals surface area (Å²) in [5, 5.41) is 6.10. The average Bonchev–Trinajstić information content (AvgIpc) is 2.53. The van der Waals surface area contributed by atoms with Gasteiger partial charge in [-0.1, -0.05) is 18.2 Å². The van der Waals surface area contributed by atoms with Crippen LogP contribution in [0.3, 0.4) is 0 Å². The number of amides is 1. The topological polar surface area (TPSA) is 50.4 Å². The molecule has 2 aromatic carbocycles. The molecule has 2 rings (SSSR count). The molecule has 0 fully saturated rings. The monoisotopic (exact) mass is 270 g/mol. The normalized spacial score (nSPS) is 9.85. The highest BCUT2D eigenvalue weighted by atomic mass is 16.5. The third-order valence-electron chi connectivity index (χ3n) is 2.87. The summed E-state index contributed by atoms with van der Waals surface area (Å²) in [6, 6.07) is 16.9. The summed E-state index contributed by atoms with van der Waals surface area (Å²) in [6.07, 6.45) is 0. The molecule has 0 spiro atoms. The quantitative estimate of drug-likeness (QED) is 0.793. The maximum Gasteiger partial charge on any atom is 0.251 e. The van der Waals surface area contributed by atoms with E-state index >= 15 is 0 Å². The number of carbonyl (C=O) groups is 1. The number of anilines is 1. The minimum atomic E-state index is -0.0536. The van der Waals surface area contributed by atoms with Gasteiger partial charge in [-0.25, -0.2) is 0 Å². The van der Waals surface area contributed by atoms with Crippen molar-refractivity contribution >= 4 is 11.6 Å². The van der Waals surface area contributed by atoms with Gasteiger partial charge in [0.25, 0.3) is 5.91 Å². The highest BCUT2D eigenvalue weighted by molar-refractivity contribution is 5.94. The van der Waals surface area contributed by atoms with Crippen molar-refractivity contribution in [1.82, 2.24) is 5.32 Å². The van der Waals surface area contributed by atoms with Gasteiger partial charge in [0.15, 0.2) is 0 Å². The zero-order chi connectivity index (χ0) is 14.2. The molecular formula is C16H18N2O2. The summed E-state index contributed by atoms with van der Waals surface area (Å²) in [7, 11) is 1.64. The molecule has 0 aromatic heterocycles. The van der Waals surface area contributed by atoms with Gasteiger partial charge in [-0.2, -0.15) is 0 Å². The Kier molecular flexibility index (Phi) is 5.00. The van der Waals surface area contributed by atoms with Gasteiger partial charge in [-0.3, -0.25) is 4.79 Å². The lowest BCUT2D eigenvalue weighted by atomic mass is 10.2. The lowest BCUT2D eigenvalue weighted by Gasteiger charge is -2.08. The Bertz CT molecular complexity index is 538. The number of methoxy groups -OCH3 is 1. The zero-order valence-electron chi connectivity index (χ0n) is 11.4. The average molecular weight is 270 g/mol. The van der Waals surface area contributed by atoms with E-state index in [-0.39, 0.29) is 5.91 Å². The highest BCUT2D eigenvalue weighted by Crippen LogP contribution is 2.14. The first-order chi connectivity index (χ1) is 9.79. The fraction of sp³-hybridized carbons (Fsp3) is 0.188. The van der Waals surface area contributed by atoms with E-state index in [2.05, 4.69) is 10.6 Å². The van der Waals surface area contributed by atoms with Gasteiger partial charge in [-0.05, 0) is 36.4 Å². The minimum absolute atomic E-state index is 0.0536. The largest absolute Gasteiger partial charge is 0.497 e. The molecule has 0 aliphatic rings. The molecule has 0 aliphatic carbocycles. The summed E-state index contributed by atoms with van der Waals surface area (Å²) in [5.41, 5.74) is 1.68. The summed E-state index contributed by atoms with van der Waals surface area (Å²) in [6.45, 7) is 1.24. The lowest BCUT2D eigenvalue weighted by molar-refractivity contribution is 0.0955. The maximum atomic E-state index is 11.8. The first-order valence-electron chi connectivity index (χ1n) is 6.51. The number of hydrogen-bond donors (Lipinski definition) is 2. The second-order valence-electron chi connectivity index (χ2n) is 4.28. The van der Waals surface area contributed by atoms with Crippen LogP contribution in [0.2, 0.25) is 0 Å². The van der Waals surface area contributed by atoms with Crippen molar-refractivity contribution in [3.8, 4) is 5.75 Å². The first kappa shape index (κ1) is 13.9. The summed E-state index contributed by atoms with van der Waals surface area (Å²) >= 11 is 0. The maximum absolute atomic E-state index is 11.8. The number of carbonyl (C=O) groups excluding carboxylic acids is 1. The predicted molar refractivity (Wildman–Crippen MR) is 80.3 cm³/mol. The van der Waals surface area contributed by atoms with Crippen LogP contribution in [0.5, 0.6) is 5.75 Å². The molecule has 2 aromatic rings. The van der Waals surface area contributed by atoms with Crippen molar-refractivity contribution in [1.29, 1.82) is 0 Å². The van der Waals surface area contributed by atoms with E-state index in [0.717, 1.165) is 11.4 Å². The van der Waals surface area contributed by atoms with Crippen LogP contribution in [0.25, 0.3) is 0 Å². The Morgan fingerprint density at radius 1 is 1.00 bits per heavy atom. The standard InChI is InChI=1S/C16H18N2O2/c1-20-15-9-7-14(8-10-15)17-11-12-18-16(19)13-5-3-2-4-6-13/h2-10,17H,11-12H2,1H3,(H,18,19). The Balaban J connectivity index is 1.72. The Labute approximate surface area is 118 Å². The van der Waals surface area contributed by atoms with Gasteiger partial charge < -0.3 is 15.4 Å². The van der Waals surface area contributed by atoms with E-state index in [1.165, 1.54) is 0 Å². The third-order valence-corrected chi connectivity index (χ3v) is 2.87. The third kappa shape index (κ3) is 4.02. The summed E-state index contributed by atoms with van der Waals surface area (Å²) in [4.78, 5) is 11.8. The highest BCUT2D eigenvalue weighted by Gasteiger charge is 2.02. The second-order valence-corrected chi connectivity index (χ2v) is 4.28. The van der Waals surface area contributed by atoms with Crippen LogP contribution in [0, 0.1) is 0 Å². The first-order valence-corrected chi connectivity index (χ1v) is 6.51. The van der Waals surface area contributed by atoms with Crippen LogP contribution >= 0.6 is 0 Å². The van der Waals surface area contributed by atoms with E-state index in [4.69, 9.17) is 4.74 Å². The zero-order valence-corrected chi connectivity index (χ0v) is 11.4. The number of benzene rings is 2. The van der Waals surface area contributed by atoms with Crippen molar-refractivity contribution in [2.24, 2.45) is 0 Å². The fourth-order valence-electron chi connectivity index (χ4n) is 1.78. The van der Waals surface area contributed by atoms with Crippen LogP contribution in [0.4, 0.5) is 5.69 Å². The molecule has 4 nitrogen and oxygen atoms in total. The van der Waals surface area contributed by atoms with E-state index < -0.39 is 0 Å². The number of rotatable bonds is 6. The fourth-order valence-corrected chi connectivity index (χ4v) is 1.78. The smallest absolute Gasteiger partial charge is 0.251 e. The summed E-state index contributed by atoms with van der Waals surface area (Å²) in [5.74, 6) is 0.773. The number of nitrogens with one attached hydrogen (secondary N) is 2. The van der Waals surface area contributed by atoms with E-state index in [0.29, 0.717) is 18.7 Å². The molecular weight excluding hydrogens is 252 g/mol. The van der Waals surface area contributed by atoms with Crippen LogP contribution in [-0.2, 0) is 0 Å². The van der Waals surface area contributed by atoms with Crippen molar-refractivity contribution in [3.63, 3.8) is 0 Å². The van der Waals surface area contributed by atoms with E-state index in [9.17, 15) is 4.79 Å². The number of hydrogen-bond acceptors (Lipinski definition) is 3. The Hall–Kier alpha value is -2.49. The SMILES string of the molecule is COc1ccc(NCCNC(=O)c2ccccc2)cc1. The Morgan fingerprint density at radius 3 is 2.35 bits per heavy atom. The van der Waals surface area contributed by atoms with Crippen LogP contribution in [0.15, 0.2) is 54.6 Å². The molecule has 0 saturated carbocycles. The predicted octanol–water partition coefficient (Wildman–Crippen LogP) is 2.54. The minimum Gasteiger partial charge on any atom is -0.497 e. The van der Waals surface area contributed by atoms with Crippen molar-refractivity contribution in [2.75, 3.05) is 25.5 Å². The van der Waals surface area contributed by atoms with Crippen molar-refractivity contribution in [3.05, 3.63) is 60.2 Å². The number of ether oxygens (including phenoxy) is 1. The van der Waals surface area contributed by atoms with Gasteiger partial charge in [0.05, 0.1) is 7.11 Å². The van der Waals surface area contributed by atoms with Gasteiger partial charge in [0.1, 0.15) is 5.75 Å². The molecule has 0 heterocycles. The second kappa shape index (κ2) is 7.19. The van der Waals surface area contributed by atoms with E-state index in [1.54, 1.807) is 19.2 Å². The molecule has 104 valence electrons. The molecule has 0 saturated heterocycles. The molecule has 0 aliphatic heterocycles. The lowest BCUT2D eigenvalue weighted by Crippen LogP contribution is -2.28. The summed E-state index contributed by atoms with van der Waals surface area (Å²) < 4.78 is 5.09. The van der Waals surface area contributed by atoms with Crippen molar-refractivity contribution < 1.29 is 9.53 Å². The molecule has 0 unspecified atom stereocenters. The molecule has 1 amide bonds.